The number of rotatable bonds is 8. The summed E-state index contributed by atoms with van der Waals surface area (Å²) in [4.78, 5) is 27.6. The van der Waals surface area contributed by atoms with Crippen molar-refractivity contribution in [3.8, 4) is 0 Å². The Morgan fingerprint density at radius 3 is 2.37 bits per heavy atom. The molecule has 1 amide bonds. The Bertz CT molecular complexity index is 924. The van der Waals surface area contributed by atoms with Crippen molar-refractivity contribution in [2.75, 3.05) is 18.9 Å². The number of anilines is 1. The normalized spacial score (nSPS) is 11.4. The average Bonchev–Trinajstić information content (AvgIpc) is 2.61. The van der Waals surface area contributed by atoms with Gasteiger partial charge in [0.15, 0.2) is 5.78 Å². The second kappa shape index (κ2) is 8.88. The second-order valence-corrected chi connectivity index (χ2v) is 8.27. The van der Waals surface area contributed by atoms with E-state index in [4.69, 9.17) is 0 Å². The molecular weight excluding hydrogens is 366 g/mol. The van der Waals surface area contributed by atoms with Gasteiger partial charge in [0, 0.05) is 31.3 Å². The first-order valence-corrected chi connectivity index (χ1v) is 9.95. The van der Waals surface area contributed by atoms with Crippen LogP contribution in [0.4, 0.5) is 5.82 Å². The number of carbonyl (C=O) groups excluding carboxylic acids is 2. The van der Waals surface area contributed by atoms with Crippen LogP contribution >= 0.6 is 0 Å². The van der Waals surface area contributed by atoms with Gasteiger partial charge in [0.25, 0.3) is 0 Å². The summed E-state index contributed by atoms with van der Waals surface area (Å²) in [7, 11) is -2.20. The summed E-state index contributed by atoms with van der Waals surface area (Å²) in [5.41, 5.74) is 1.26. The first kappa shape index (κ1) is 20.7. The van der Waals surface area contributed by atoms with E-state index in [2.05, 4.69) is 10.3 Å². The highest BCUT2D eigenvalue weighted by Crippen LogP contribution is 2.16. The van der Waals surface area contributed by atoms with E-state index in [-0.39, 0.29) is 29.6 Å². The third kappa shape index (κ3) is 5.70. The summed E-state index contributed by atoms with van der Waals surface area (Å²) in [6.45, 7) is 3.46. The summed E-state index contributed by atoms with van der Waals surface area (Å²) in [6.07, 6.45) is 0.553. The van der Waals surface area contributed by atoms with Gasteiger partial charge >= 0.3 is 0 Å². The number of pyridine rings is 1. The van der Waals surface area contributed by atoms with Gasteiger partial charge in [-0.05, 0) is 44.5 Å². The molecular formula is C19H23N3O4S. The molecule has 0 bridgehead atoms. The van der Waals surface area contributed by atoms with Crippen molar-refractivity contribution in [2.24, 2.45) is 0 Å². The summed E-state index contributed by atoms with van der Waals surface area (Å²) in [5, 5.41) is 2.69. The molecule has 0 atom stereocenters. The summed E-state index contributed by atoms with van der Waals surface area (Å²) in [6, 6.07) is 11.1. The minimum atomic E-state index is -3.67. The molecule has 0 radical (unpaired) electrons. The van der Waals surface area contributed by atoms with E-state index < -0.39 is 10.0 Å². The Hall–Kier alpha value is -2.58. The van der Waals surface area contributed by atoms with Crippen LogP contribution in [0.5, 0.6) is 0 Å². The second-order valence-electron chi connectivity index (χ2n) is 6.22. The molecule has 0 aliphatic rings. The van der Waals surface area contributed by atoms with Gasteiger partial charge in [-0.2, -0.15) is 0 Å². The van der Waals surface area contributed by atoms with Crippen LogP contribution in [-0.4, -0.2) is 43.0 Å². The molecule has 0 saturated heterocycles. The fourth-order valence-electron chi connectivity index (χ4n) is 2.44. The van der Waals surface area contributed by atoms with Gasteiger partial charge in [0.1, 0.15) is 5.82 Å². The maximum Gasteiger partial charge on any atom is 0.242 e. The Kier molecular flexibility index (Phi) is 6.81. The number of hydrogen-bond donors (Lipinski definition) is 1. The number of nitrogens with zero attached hydrogens (tertiary/aromatic N) is 2. The van der Waals surface area contributed by atoms with Crippen LogP contribution in [0, 0.1) is 6.92 Å². The van der Waals surface area contributed by atoms with E-state index in [0.717, 1.165) is 5.69 Å². The Balaban J connectivity index is 1.89. The summed E-state index contributed by atoms with van der Waals surface area (Å²) >= 11 is 0. The Morgan fingerprint density at radius 1 is 1.11 bits per heavy atom. The van der Waals surface area contributed by atoms with Crippen LogP contribution in [-0.2, 0) is 14.8 Å². The zero-order valence-corrected chi connectivity index (χ0v) is 16.4. The maximum absolute atomic E-state index is 12.5. The fourth-order valence-corrected chi connectivity index (χ4v) is 3.65. The van der Waals surface area contributed by atoms with Crippen molar-refractivity contribution in [2.45, 2.75) is 31.6 Å². The molecule has 27 heavy (non-hydrogen) atoms. The smallest absolute Gasteiger partial charge is 0.242 e. The number of aryl methyl sites for hydroxylation is 1. The van der Waals surface area contributed by atoms with Gasteiger partial charge < -0.3 is 5.32 Å². The van der Waals surface area contributed by atoms with Gasteiger partial charge in [-0.3, -0.25) is 9.59 Å². The lowest BCUT2D eigenvalue weighted by Gasteiger charge is -2.17. The van der Waals surface area contributed by atoms with Gasteiger partial charge in [0.2, 0.25) is 15.9 Å². The molecule has 2 aromatic rings. The van der Waals surface area contributed by atoms with Crippen molar-refractivity contribution >= 4 is 27.5 Å². The molecule has 0 fully saturated rings. The highest BCUT2D eigenvalue weighted by atomic mass is 32.2. The lowest BCUT2D eigenvalue weighted by molar-refractivity contribution is -0.116. The highest BCUT2D eigenvalue weighted by Gasteiger charge is 2.20. The molecule has 0 spiro atoms. The molecule has 2 rings (SSSR count). The van der Waals surface area contributed by atoms with Crippen LogP contribution in [0.3, 0.4) is 0 Å². The van der Waals surface area contributed by atoms with Crippen molar-refractivity contribution in [1.29, 1.82) is 0 Å². The van der Waals surface area contributed by atoms with E-state index >= 15 is 0 Å². The number of ketones is 1. The molecule has 0 aliphatic carbocycles. The summed E-state index contributed by atoms with van der Waals surface area (Å²) < 4.78 is 26.3. The standard InChI is InChI=1S/C19H23N3O4S/c1-14-6-4-7-18(20-14)21-19(24)8-5-13-22(3)27(25,26)17-11-9-16(10-12-17)15(2)23/h4,6-7,9-12H,5,8,13H2,1-3H3,(H,20,21,24). The zero-order chi connectivity index (χ0) is 20.0. The lowest BCUT2D eigenvalue weighted by atomic mass is 10.2. The first-order valence-electron chi connectivity index (χ1n) is 8.51. The predicted octanol–water partition coefficient (Wildman–Crippen LogP) is 2.63. The predicted molar refractivity (Wildman–Crippen MR) is 103 cm³/mol. The molecule has 1 N–H and O–H groups in total. The molecule has 144 valence electrons. The molecule has 7 nitrogen and oxygen atoms in total. The first-order chi connectivity index (χ1) is 12.7. The van der Waals surface area contributed by atoms with E-state index in [9.17, 15) is 18.0 Å². The van der Waals surface area contributed by atoms with Crippen molar-refractivity contribution in [3.05, 3.63) is 53.7 Å². The minimum Gasteiger partial charge on any atom is -0.311 e. The topological polar surface area (TPSA) is 96.4 Å². The van der Waals surface area contributed by atoms with E-state index in [1.54, 1.807) is 12.1 Å². The van der Waals surface area contributed by atoms with Crippen molar-refractivity contribution in [1.82, 2.24) is 9.29 Å². The van der Waals surface area contributed by atoms with E-state index in [0.29, 0.717) is 17.8 Å². The quantitative estimate of drug-likeness (QED) is 0.700. The molecule has 0 aliphatic heterocycles. The molecule has 1 aromatic carbocycles. The van der Waals surface area contributed by atoms with Crippen LogP contribution in [0.25, 0.3) is 0 Å². The number of nitrogens with one attached hydrogen (secondary N) is 1. The van der Waals surface area contributed by atoms with Crippen molar-refractivity contribution in [3.63, 3.8) is 0 Å². The number of hydrogen-bond acceptors (Lipinski definition) is 5. The molecule has 0 unspecified atom stereocenters. The van der Waals surface area contributed by atoms with Crippen LogP contribution in [0.15, 0.2) is 47.4 Å². The number of Topliss-reactive ketones (excluding diaryl/α,β-unsaturated/α-hetero) is 1. The third-order valence-electron chi connectivity index (χ3n) is 4.00. The number of amides is 1. The SMILES string of the molecule is CC(=O)c1ccc(S(=O)(=O)N(C)CCCC(=O)Nc2cccc(C)n2)cc1. The molecule has 1 heterocycles. The van der Waals surface area contributed by atoms with Gasteiger partial charge in [-0.15, -0.1) is 0 Å². The Labute approximate surface area is 159 Å². The molecule has 1 aromatic heterocycles. The monoisotopic (exact) mass is 389 g/mol. The number of aromatic nitrogens is 1. The minimum absolute atomic E-state index is 0.114. The maximum atomic E-state index is 12.5. The van der Waals surface area contributed by atoms with Crippen molar-refractivity contribution < 1.29 is 18.0 Å². The molecule has 0 saturated carbocycles. The summed E-state index contributed by atoms with van der Waals surface area (Å²) in [5.74, 6) is 0.137. The van der Waals surface area contributed by atoms with Crippen LogP contribution in [0.1, 0.15) is 35.8 Å². The Morgan fingerprint density at radius 2 is 1.78 bits per heavy atom. The lowest BCUT2D eigenvalue weighted by Crippen LogP contribution is -2.28. The number of carbonyl (C=O) groups is 2. The zero-order valence-electron chi connectivity index (χ0n) is 15.6. The number of sulfonamides is 1. The van der Waals surface area contributed by atoms with Gasteiger partial charge in [-0.1, -0.05) is 18.2 Å². The number of benzene rings is 1. The van der Waals surface area contributed by atoms with E-state index in [1.807, 2.05) is 13.0 Å². The molecule has 8 heteroatoms. The van der Waals surface area contributed by atoms with E-state index in [1.165, 1.54) is 42.5 Å². The fraction of sp³-hybridized carbons (Fsp3) is 0.316. The van der Waals surface area contributed by atoms with Crippen LogP contribution in [0.2, 0.25) is 0 Å². The van der Waals surface area contributed by atoms with Crippen LogP contribution < -0.4 is 5.32 Å². The largest absolute Gasteiger partial charge is 0.311 e. The third-order valence-corrected chi connectivity index (χ3v) is 5.87. The highest BCUT2D eigenvalue weighted by molar-refractivity contribution is 7.89. The van der Waals surface area contributed by atoms with Gasteiger partial charge in [0.05, 0.1) is 4.90 Å². The van der Waals surface area contributed by atoms with Gasteiger partial charge in [-0.25, -0.2) is 17.7 Å². The average molecular weight is 389 g/mol.